The van der Waals surface area contributed by atoms with Crippen LogP contribution in [-0.2, 0) is 0 Å². The first-order valence-electron chi connectivity index (χ1n) is 5.38. The van der Waals surface area contributed by atoms with Crippen molar-refractivity contribution in [2.75, 3.05) is 17.6 Å². The lowest BCUT2D eigenvalue weighted by Gasteiger charge is -2.08. The number of alkyl halides is 3. The Labute approximate surface area is 133 Å². The van der Waals surface area contributed by atoms with Crippen molar-refractivity contribution < 1.29 is 18.0 Å². The van der Waals surface area contributed by atoms with Gasteiger partial charge in [-0.2, -0.15) is 13.2 Å². The number of benzene rings is 1. The van der Waals surface area contributed by atoms with E-state index in [2.05, 4.69) is 26.6 Å². The molecule has 0 radical (unpaired) electrons. The van der Waals surface area contributed by atoms with Crippen LogP contribution >= 0.6 is 40.1 Å². The van der Waals surface area contributed by atoms with Crippen LogP contribution < -0.4 is 10.6 Å². The Kier molecular flexibility index (Phi) is 9.08. The van der Waals surface area contributed by atoms with Gasteiger partial charge in [0.25, 0.3) is 0 Å². The van der Waals surface area contributed by atoms with E-state index in [9.17, 15) is 18.0 Å². The van der Waals surface area contributed by atoms with E-state index >= 15 is 0 Å². The number of halogens is 5. The lowest BCUT2D eigenvalue weighted by molar-refractivity contribution is -0.0327. The topological polar surface area (TPSA) is 41.1 Å². The summed E-state index contributed by atoms with van der Waals surface area (Å²) in [4.78, 5) is 11.4. The minimum Gasteiger partial charge on any atom is -0.338 e. The van der Waals surface area contributed by atoms with Crippen molar-refractivity contribution in [3.05, 3.63) is 28.7 Å². The molecular weight excluding hydrogens is 381 g/mol. The summed E-state index contributed by atoms with van der Waals surface area (Å²) in [6, 6.07) is 6.54. The van der Waals surface area contributed by atoms with Crippen molar-refractivity contribution in [2.24, 2.45) is 0 Å². The van der Waals surface area contributed by atoms with E-state index in [0.717, 1.165) is 4.47 Å². The molecule has 0 atom stereocenters. The van der Waals surface area contributed by atoms with Crippen molar-refractivity contribution in [2.45, 2.75) is 11.9 Å². The van der Waals surface area contributed by atoms with E-state index in [1.165, 1.54) is 0 Å². The van der Waals surface area contributed by atoms with E-state index in [1.807, 2.05) is 0 Å². The van der Waals surface area contributed by atoms with Crippen LogP contribution in [0.25, 0.3) is 0 Å². The molecule has 3 nitrogen and oxygen atoms in total. The van der Waals surface area contributed by atoms with Gasteiger partial charge in [-0.1, -0.05) is 27.7 Å². The highest BCUT2D eigenvalue weighted by atomic mass is 79.9. The first-order valence-corrected chi connectivity index (χ1v) is 7.16. The minimum absolute atomic E-state index is 0. The molecule has 2 amide bonds. The van der Waals surface area contributed by atoms with Gasteiger partial charge in [0.2, 0.25) is 0 Å². The second-order valence-corrected chi connectivity index (χ2v) is 5.61. The van der Waals surface area contributed by atoms with Crippen molar-refractivity contribution in [1.29, 1.82) is 0 Å². The van der Waals surface area contributed by atoms with Gasteiger partial charge in [0.1, 0.15) is 0 Å². The SMILES string of the molecule is Cl.O=C(NCCCSC(F)(F)F)Nc1ccc(Br)cc1. The largest absolute Gasteiger partial charge is 0.441 e. The van der Waals surface area contributed by atoms with E-state index in [1.54, 1.807) is 24.3 Å². The first-order chi connectivity index (χ1) is 8.87. The Balaban J connectivity index is 0.00000361. The van der Waals surface area contributed by atoms with Gasteiger partial charge in [0.05, 0.1) is 0 Å². The summed E-state index contributed by atoms with van der Waals surface area (Å²) in [5, 5.41) is 5.07. The third kappa shape index (κ3) is 9.33. The number of hydrogen-bond donors (Lipinski definition) is 2. The summed E-state index contributed by atoms with van der Waals surface area (Å²) < 4.78 is 36.4. The predicted octanol–water partition coefficient (Wildman–Crippen LogP) is 4.64. The lowest BCUT2D eigenvalue weighted by atomic mass is 10.3. The molecule has 0 saturated heterocycles. The number of rotatable bonds is 5. The average Bonchev–Trinajstić information content (AvgIpc) is 2.30. The van der Waals surface area contributed by atoms with Crippen LogP contribution in [0.3, 0.4) is 0 Å². The summed E-state index contributed by atoms with van der Waals surface area (Å²) in [6.45, 7) is 0.200. The fourth-order valence-corrected chi connectivity index (χ4v) is 1.95. The Morgan fingerprint density at radius 2 is 1.85 bits per heavy atom. The monoisotopic (exact) mass is 392 g/mol. The molecule has 0 unspecified atom stereocenters. The minimum atomic E-state index is -4.21. The fourth-order valence-electron chi connectivity index (χ4n) is 1.17. The van der Waals surface area contributed by atoms with Crippen LogP contribution in [0.2, 0.25) is 0 Å². The van der Waals surface area contributed by atoms with Crippen molar-refractivity contribution in [3.63, 3.8) is 0 Å². The smallest absolute Gasteiger partial charge is 0.338 e. The van der Waals surface area contributed by atoms with Gasteiger partial charge in [0, 0.05) is 22.5 Å². The van der Waals surface area contributed by atoms with Gasteiger partial charge in [-0.15, -0.1) is 12.4 Å². The normalized spacial score (nSPS) is 10.6. The van der Waals surface area contributed by atoms with Crippen LogP contribution in [-0.4, -0.2) is 23.8 Å². The molecule has 1 aromatic rings. The molecule has 2 N–H and O–H groups in total. The number of urea groups is 1. The number of carbonyl (C=O) groups excluding carboxylic acids is 1. The highest BCUT2D eigenvalue weighted by Gasteiger charge is 2.27. The Bertz CT molecular complexity index is 417. The maximum atomic E-state index is 11.8. The number of carbonyl (C=O) groups is 1. The maximum absolute atomic E-state index is 11.8. The van der Waals surface area contributed by atoms with E-state index in [0.29, 0.717) is 5.69 Å². The zero-order valence-corrected chi connectivity index (χ0v) is 13.4. The number of nitrogens with one attached hydrogen (secondary N) is 2. The number of anilines is 1. The van der Waals surface area contributed by atoms with Gasteiger partial charge in [-0.25, -0.2) is 4.79 Å². The summed E-state index contributed by atoms with van der Waals surface area (Å²) in [5.41, 5.74) is -3.59. The molecule has 0 saturated carbocycles. The second kappa shape index (κ2) is 9.36. The van der Waals surface area contributed by atoms with Crippen LogP contribution in [0.5, 0.6) is 0 Å². The zero-order chi connectivity index (χ0) is 14.3. The first kappa shape index (κ1) is 19.4. The highest BCUT2D eigenvalue weighted by molar-refractivity contribution is 9.10. The molecular formula is C11H13BrClF3N2OS. The molecule has 1 rings (SSSR count). The van der Waals surface area contributed by atoms with Crippen molar-refractivity contribution >= 4 is 51.8 Å². The molecule has 0 bridgehead atoms. The Hall–Kier alpha value is -0.600. The Morgan fingerprint density at radius 3 is 2.40 bits per heavy atom. The van der Waals surface area contributed by atoms with E-state index < -0.39 is 11.5 Å². The third-order valence-corrected chi connectivity index (χ3v) is 3.32. The predicted molar refractivity (Wildman–Crippen MR) is 81.5 cm³/mol. The molecule has 0 spiro atoms. The molecule has 114 valence electrons. The molecule has 9 heteroatoms. The highest BCUT2D eigenvalue weighted by Crippen LogP contribution is 2.30. The Morgan fingerprint density at radius 1 is 1.25 bits per heavy atom. The summed E-state index contributed by atoms with van der Waals surface area (Å²) >= 11 is 3.18. The standard InChI is InChI=1S/C11H12BrF3N2OS.ClH/c12-8-2-4-9(5-3-8)17-10(18)16-6-1-7-19-11(13,14)15;/h2-5H,1,6-7H2,(H2,16,17,18);1H. The average molecular weight is 394 g/mol. The second-order valence-electron chi connectivity index (χ2n) is 3.54. The molecule has 20 heavy (non-hydrogen) atoms. The van der Waals surface area contributed by atoms with Crippen LogP contribution in [0.15, 0.2) is 28.7 Å². The quantitative estimate of drug-likeness (QED) is 0.716. The third-order valence-electron chi connectivity index (χ3n) is 1.97. The van der Waals surface area contributed by atoms with Gasteiger partial charge in [-0.3, -0.25) is 0 Å². The van der Waals surface area contributed by atoms with Gasteiger partial charge in [-0.05, 0) is 30.7 Å². The van der Waals surface area contributed by atoms with E-state index in [-0.39, 0.29) is 42.9 Å². The molecule has 1 aromatic carbocycles. The van der Waals surface area contributed by atoms with Crippen LogP contribution in [0, 0.1) is 0 Å². The molecule has 0 aromatic heterocycles. The van der Waals surface area contributed by atoms with Gasteiger partial charge >= 0.3 is 11.5 Å². The molecule has 0 aliphatic rings. The zero-order valence-electron chi connectivity index (χ0n) is 10.2. The van der Waals surface area contributed by atoms with Gasteiger partial charge in [0.15, 0.2) is 0 Å². The van der Waals surface area contributed by atoms with Crippen molar-refractivity contribution in [3.8, 4) is 0 Å². The lowest BCUT2D eigenvalue weighted by Crippen LogP contribution is -2.29. The molecule has 0 aliphatic carbocycles. The number of amides is 2. The maximum Gasteiger partial charge on any atom is 0.441 e. The summed E-state index contributed by atoms with van der Waals surface area (Å²) in [5.74, 6) is -0.0674. The van der Waals surface area contributed by atoms with Gasteiger partial charge < -0.3 is 10.6 Å². The molecule has 0 aliphatic heterocycles. The van der Waals surface area contributed by atoms with Crippen molar-refractivity contribution in [1.82, 2.24) is 5.32 Å². The molecule has 0 heterocycles. The molecule has 0 fully saturated rings. The summed E-state index contributed by atoms with van der Waals surface area (Å²) in [6.07, 6.45) is 0.262. The number of thioether (sulfide) groups is 1. The van der Waals surface area contributed by atoms with Crippen LogP contribution in [0.1, 0.15) is 6.42 Å². The summed E-state index contributed by atoms with van der Waals surface area (Å²) in [7, 11) is 0. The fraction of sp³-hybridized carbons (Fsp3) is 0.364. The van der Waals surface area contributed by atoms with Crippen LogP contribution in [0.4, 0.5) is 23.7 Å². The van der Waals surface area contributed by atoms with E-state index in [4.69, 9.17) is 0 Å². The number of hydrogen-bond acceptors (Lipinski definition) is 2.